The maximum absolute atomic E-state index is 2.74. The van der Waals surface area contributed by atoms with Crippen LogP contribution in [0, 0.1) is 6.92 Å². The van der Waals surface area contributed by atoms with Gasteiger partial charge in [-0.05, 0) is 29.3 Å². The zero-order valence-electron chi connectivity index (χ0n) is 7.39. The number of aryl methyl sites for hydroxylation is 1. The monoisotopic (exact) mass is 166 g/mol. The van der Waals surface area contributed by atoms with Gasteiger partial charge in [0.25, 0.3) is 0 Å². The smallest absolute Gasteiger partial charge is 0.0219 e. The van der Waals surface area contributed by atoms with Gasteiger partial charge < -0.3 is 0 Å². The second kappa shape index (κ2) is 3.36. The van der Waals surface area contributed by atoms with E-state index in [1.807, 2.05) is 0 Å². The van der Waals surface area contributed by atoms with E-state index < -0.39 is 0 Å². The summed E-state index contributed by atoms with van der Waals surface area (Å²) in [6.45, 7) is 6.59. The lowest BCUT2D eigenvalue weighted by molar-refractivity contribution is 0.866. The van der Waals surface area contributed by atoms with E-state index >= 15 is 0 Å². The number of hydrogen-bond acceptors (Lipinski definition) is 0. The summed E-state index contributed by atoms with van der Waals surface area (Å²) in [6, 6.07) is 6.61. The van der Waals surface area contributed by atoms with Crippen LogP contribution in [-0.4, -0.2) is 0 Å². The molecule has 1 unspecified atom stereocenters. The molecule has 0 amide bonds. The van der Waals surface area contributed by atoms with Gasteiger partial charge in [0.15, 0.2) is 0 Å². The molecule has 0 nitrogen and oxygen atoms in total. The van der Waals surface area contributed by atoms with Crippen molar-refractivity contribution in [3.05, 3.63) is 29.3 Å². The molecule has 60 valence electrons. The summed E-state index contributed by atoms with van der Waals surface area (Å²) in [5.41, 5.74) is 2.79. The molecule has 1 aromatic carbocycles. The first kappa shape index (κ1) is 8.74. The van der Waals surface area contributed by atoms with Crippen LogP contribution >= 0.6 is 9.24 Å². The Kier molecular flexibility index (Phi) is 2.67. The molecule has 0 bridgehead atoms. The van der Waals surface area contributed by atoms with Crippen LogP contribution in [0.25, 0.3) is 0 Å². The summed E-state index contributed by atoms with van der Waals surface area (Å²) in [6.07, 6.45) is 0. The molecular formula is C10H15P. The van der Waals surface area contributed by atoms with Gasteiger partial charge in [-0.1, -0.05) is 32.0 Å². The summed E-state index contributed by atoms with van der Waals surface area (Å²) in [5.74, 6) is 0.638. The second-order valence-corrected chi connectivity index (χ2v) is 3.89. The van der Waals surface area contributed by atoms with E-state index in [1.165, 1.54) is 16.4 Å². The number of hydrogen-bond donors (Lipinski definition) is 0. The Hall–Kier alpha value is -0.350. The SMILES string of the molecule is Cc1cc(C(C)C)ccc1P. The standard InChI is InChI=1S/C10H15P/c1-7(2)9-4-5-10(11)8(3)6-9/h4-7H,11H2,1-3H3. The van der Waals surface area contributed by atoms with Crippen molar-refractivity contribution in [3.63, 3.8) is 0 Å². The summed E-state index contributed by atoms with van der Waals surface area (Å²) in [7, 11) is 2.74. The molecular weight excluding hydrogens is 151 g/mol. The highest BCUT2D eigenvalue weighted by Gasteiger charge is 1.99. The summed E-state index contributed by atoms with van der Waals surface area (Å²) < 4.78 is 0. The third-order valence-corrected chi connectivity index (χ3v) is 2.61. The average Bonchev–Trinajstić information content (AvgIpc) is 1.94. The first-order chi connectivity index (χ1) is 5.11. The molecule has 0 aliphatic heterocycles. The molecule has 0 saturated carbocycles. The highest BCUT2D eigenvalue weighted by molar-refractivity contribution is 7.27. The fourth-order valence-electron chi connectivity index (χ4n) is 1.06. The van der Waals surface area contributed by atoms with E-state index in [9.17, 15) is 0 Å². The zero-order chi connectivity index (χ0) is 8.43. The maximum atomic E-state index is 2.74. The first-order valence-corrected chi connectivity index (χ1v) is 4.55. The Morgan fingerprint density at radius 3 is 2.36 bits per heavy atom. The zero-order valence-corrected chi connectivity index (χ0v) is 8.54. The van der Waals surface area contributed by atoms with E-state index in [4.69, 9.17) is 0 Å². The van der Waals surface area contributed by atoms with Crippen LogP contribution < -0.4 is 5.30 Å². The summed E-state index contributed by atoms with van der Waals surface area (Å²) in [5, 5.41) is 1.30. The minimum absolute atomic E-state index is 0.638. The van der Waals surface area contributed by atoms with Gasteiger partial charge in [-0.2, -0.15) is 0 Å². The van der Waals surface area contributed by atoms with Crippen molar-refractivity contribution in [2.24, 2.45) is 0 Å². The summed E-state index contributed by atoms with van der Waals surface area (Å²) in [4.78, 5) is 0. The predicted octanol–water partition coefficient (Wildman–Crippen LogP) is 2.62. The fourth-order valence-corrected chi connectivity index (χ4v) is 1.24. The van der Waals surface area contributed by atoms with E-state index in [0.717, 1.165) is 0 Å². The molecule has 0 N–H and O–H groups in total. The van der Waals surface area contributed by atoms with Crippen LogP contribution in [0.15, 0.2) is 18.2 Å². The largest absolute Gasteiger partial charge is 0.105 e. The molecule has 1 heteroatoms. The lowest BCUT2D eigenvalue weighted by Gasteiger charge is -2.07. The van der Waals surface area contributed by atoms with Gasteiger partial charge in [0.2, 0.25) is 0 Å². The van der Waals surface area contributed by atoms with Crippen LogP contribution in [0.3, 0.4) is 0 Å². The van der Waals surface area contributed by atoms with Crippen molar-refractivity contribution < 1.29 is 0 Å². The Balaban J connectivity index is 3.05. The lowest BCUT2D eigenvalue weighted by atomic mass is 10.0. The Morgan fingerprint density at radius 2 is 1.91 bits per heavy atom. The number of benzene rings is 1. The second-order valence-electron chi connectivity index (χ2n) is 3.27. The van der Waals surface area contributed by atoms with E-state index in [2.05, 4.69) is 48.2 Å². The lowest BCUT2D eigenvalue weighted by Crippen LogP contribution is -1.98. The van der Waals surface area contributed by atoms with Gasteiger partial charge in [0, 0.05) is 0 Å². The number of rotatable bonds is 1. The highest BCUT2D eigenvalue weighted by atomic mass is 31.0. The van der Waals surface area contributed by atoms with Gasteiger partial charge in [-0.3, -0.25) is 0 Å². The quantitative estimate of drug-likeness (QED) is 0.562. The van der Waals surface area contributed by atoms with E-state index in [0.29, 0.717) is 5.92 Å². The van der Waals surface area contributed by atoms with Gasteiger partial charge in [-0.15, -0.1) is 9.24 Å². The van der Waals surface area contributed by atoms with Crippen molar-refractivity contribution in [2.45, 2.75) is 26.7 Å². The van der Waals surface area contributed by atoms with Crippen LogP contribution in [-0.2, 0) is 0 Å². The molecule has 0 radical (unpaired) electrons. The van der Waals surface area contributed by atoms with Gasteiger partial charge in [0.1, 0.15) is 0 Å². The first-order valence-electron chi connectivity index (χ1n) is 3.97. The van der Waals surface area contributed by atoms with E-state index in [-0.39, 0.29) is 0 Å². The molecule has 0 fully saturated rings. The molecule has 1 atom stereocenters. The van der Waals surface area contributed by atoms with Crippen molar-refractivity contribution in [1.29, 1.82) is 0 Å². The molecule has 0 saturated heterocycles. The molecule has 0 spiro atoms. The van der Waals surface area contributed by atoms with Crippen molar-refractivity contribution in [3.8, 4) is 0 Å². The molecule has 0 aliphatic carbocycles. The van der Waals surface area contributed by atoms with Crippen LogP contribution in [0.2, 0.25) is 0 Å². The van der Waals surface area contributed by atoms with Crippen molar-refractivity contribution in [2.75, 3.05) is 0 Å². The molecule has 1 rings (SSSR count). The van der Waals surface area contributed by atoms with Crippen LogP contribution in [0.1, 0.15) is 30.9 Å². The minimum Gasteiger partial charge on any atom is -0.105 e. The molecule has 0 heterocycles. The van der Waals surface area contributed by atoms with Crippen molar-refractivity contribution >= 4 is 14.5 Å². The average molecular weight is 166 g/mol. The fraction of sp³-hybridized carbons (Fsp3) is 0.400. The Bertz CT molecular complexity index is 251. The topological polar surface area (TPSA) is 0 Å². The van der Waals surface area contributed by atoms with Crippen LogP contribution in [0.4, 0.5) is 0 Å². The van der Waals surface area contributed by atoms with Gasteiger partial charge in [0.05, 0.1) is 0 Å². The summed E-state index contributed by atoms with van der Waals surface area (Å²) >= 11 is 0. The molecule has 0 aromatic heterocycles. The Labute approximate surface area is 71.2 Å². The molecule has 1 aromatic rings. The molecule has 0 aliphatic rings. The normalized spacial score (nSPS) is 10.6. The maximum Gasteiger partial charge on any atom is -0.0219 e. The third kappa shape index (κ3) is 2.04. The minimum atomic E-state index is 0.638. The van der Waals surface area contributed by atoms with Gasteiger partial charge in [-0.25, -0.2) is 0 Å². The van der Waals surface area contributed by atoms with Crippen molar-refractivity contribution in [1.82, 2.24) is 0 Å². The predicted molar refractivity (Wildman–Crippen MR) is 54.6 cm³/mol. The Morgan fingerprint density at radius 1 is 1.27 bits per heavy atom. The molecule has 11 heavy (non-hydrogen) atoms. The van der Waals surface area contributed by atoms with Crippen LogP contribution in [0.5, 0.6) is 0 Å². The van der Waals surface area contributed by atoms with E-state index in [1.54, 1.807) is 0 Å². The third-order valence-electron chi connectivity index (χ3n) is 1.96. The highest BCUT2D eigenvalue weighted by Crippen LogP contribution is 2.14. The van der Waals surface area contributed by atoms with Gasteiger partial charge >= 0.3 is 0 Å².